The summed E-state index contributed by atoms with van der Waals surface area (Å²) in [5.74, 6) is 0.697. The lowest BCUT2D eigenvalue weighted by Gasteiger charge is -2.27. The van der Waals surface area contributed by atoms with E-state index in [-0.39, 0.29) is 5.82 Å². The third-order valence-corrected chi connectivity index (χ3v) is 5.32. The Morgan fingerprint density at radius 2 is 2.11 bits per heavy atom. The van der Waals surface area contributed by atoms with Crippen molar-refractivity contribution < 1.29 is 13.9 Å². The SMILES string of the molecule is COC(=O)c1c[nH]n2c(NC3CCC(C)CC3)c(-c3cccc(F)c3)nc12. The van der Waals surface area contributed by atoms with Crippen molar-refractivity contribution in [3.05, 3.63) is 41.8 Å². The highest BCUT2D eigenvalue weighted by Crippen LogP contribution is 2.33. The van der Waals surface area contributed by atoms with Gasteiger partial charge in [0.25, 0.3) is 0 Å². The van der Waals surface area contributed by atoms with Gasteiger partial charge < -0.3 is 10.1 Å². The number of H-pyrrole nitrogens is 1. The Morgan fingerprint density at radius 3 is 2.81 bits per heavy atom. The number of carbonyl (C=O) groups excluding carboxylic acids is 1. The molecule has 7 heteroatoms. The summed E-state index contributed by atoms with van der Waals surface area (Å²) in [6.07, 6.45) is 6.07. The van der Waals surface area contributed by atoms with Gasteiger partial charge in [0.15, 0.2) is 11.5 Å². The summed E-state index contributed by atoms with van der Waals surface area (Å²) in [7, 11) is 1.34. The molecule has 2 heterocycles. The zero-order chi connectivity index (χ0) is 19.0. The maximum absolute atomic E-state index is 13.8. The Kier molecular flexibility index (Phi) is 4.59. The lowest BCUT2D eigenvalue weighted by molar-refractivity contribution is 0.0602. The molecule has 0 spiro atoms. The van der Waals surface area contributed by atoms with Crippen molar-refractivity contribution in [3.8, 4) is 11.3 Å². The summed E-state index contributed by atoms with van der Waals surface area (Å²) in [6.45, 7) is 2.28. The van der Waals surface area contributed by atoms with Gasteiger partial charge in [0.05, 0.1) is 7.11 Å². The van der Waals surface area contributed by atoms with Crippen molar-refractivity contribution in [2.45, 2.75) is 38.6 Å². The first-order valence-electron chi connectivity index (χ1n) is 9.27. The second-order valence-electron chi connectivity index (χ2n) is 7.26. The van der Waals surface area contributed by atoms with Gasteiger partial charge in [0.2, 0.25) is 0 Å². The topological polar surface area (TPSA) is 71.4 Å². The number of aromatic amines is 1. The minimum absolute atomic E-state index is 0.318. The molecule has 1 aliphatic rings. The number of aromatic nitrogens is 3. The molecule has 1 aliphatic carbocycles. The summed E-state index contributed by atoms with van der Waals surface area (Å²) in [6, 6.07) is 6.65. The Hall–Kier alpha value is -2.83. The van der Waals surface area contributed by atoms with Gasteiger partial charge >= 0.3 is 5.97 Å². The number of hydrogen-bond donors (Lipinski definition) is 2. The second-order valence-corrected chi connectivity index (χ2v) is 7.26. The largest absolute Gasteiger partial charge is 0.465 e. The van der Waals surface area contributed by atoms with Crippen molar-refractivity contribution in [2.75, 3.05) is 12.4 Å². The summed E-state index contributed by atoms with van der Waals surface area (Å²) >= 11 is 0. The Bertz CT molecular complexity index is 970. The monoisotopic (exact) mass is 370 g/mol. The molecule has 2 aromatic heterocycles. The molecule has 1 aromatic carbocycles. The lowest BCUT2D eigenvalue weighted by atomic mass is 9.87. The van der Waals surface area contributed by atoms with Crippen LogP contribution in [0.25, 0.3) is 16.9 Å². The molecule has 27 heavy (non-hydrogen) atoms. The first kappa shape index (κ1) is 17.6. The van der Waals surface area contributed by atoms with Crippen molar-refractivity contribution in [1.82, 2.24) is 14.6 Å². The molecule has 1 fully saturated rings. The van der Waals surface area contributed by atoms with Gasteiger partial charge in [-0.3, -0.25) is 5.10 Å². The summed E-state index contributed by atoms with van der Waals surface area (Å²) in [5, 5.41) is 6.65. The van der Waals surface area contributed by atoms with Crippen molar-refractivity contribution in [1.29, 1.82) is 0 Å². The number of carbonyl (C=O) groups is 1. The molecule has 2 N–H and O–H groups in total. The highest BCUT2D eigenvalue weighted by molar-refractivity contribution is 5.97. The average molecular weight is 370 g/mol. The van der Waals surface area contributed by atoms with Crippen LogP contribution in [-0.4, -0.2) is 33.7 Å². The van der Waals surface area contributed by atoms with Crippen LogP contribution in [-0.2, 0) is 4.74 Å². The summed E-state index contributed by atoms with van der Waals surface area (Å²) in [4.78, 5) is 16.7. The van der Waals surface area contributed by atoms with E-state index in [1.807, 2.05) is 6.07 Å². The van der Waals surface area contributed by atoms with Gasteiger partial charge in [-0.05, 0) is 43.7 Å². The number of rotatable bonds is 4. The first-order valence-corrected chi connectivity index (χ1v) is 9.27. The van der Waals surface area contributed by atoms with Crippen LogP contribution >= 0.6 is 0 Å². The number of methoxy groups -OCH3 is 1. The number of ether oxygens (including phenoxy) is 1. The highest BCUT2D eigenvalue weighted by Gasteiger charge is 2.25. The quantitative estimate of drug-likeness (QED) is 0.674. The fourth-order valence-corrected chi connectivity index (χ4v) is 3.75. The minimum Gasteiger partial charge on any atom is -0.465 e. The molecule has 0 atom stereocenters. The smallest absolute Gasteiger partial charge is 0.343 e. The summed E-state index contributed by atoms with van der Waals surface area (Å²) in [5.41, 5.74) is 2.09. The molecule has 1 saturated carbocycles. The first-order chi connectivity index (χ1) is 13.1. The molecule has 0 aliphatic heterocycles. The van der Waals surface area contributed by atoms with Crippen LogP contribution in [0.4, 0.5) is 10.2 Å². The van der Waals surface area contributed by atoms with Crippen LogP contribution in [0.5, 0.6) is 0 Å². The lowest BCUT2D eigenvalue weighted by Crippen LogP contribution is -2.26. The third-order valence-electron chi connectivity index (χ3n) is 5.32. The summed E-state index contributed by atoms with van der Waals surface area (Å²) < 4.78 is 20.4. The zero-order valence-corrected chi connectivity index (χ0v) is 15.5. The molecule has 0 unspecified atom stereocenters. The number of halogens is 1. The zero-order valence-electron chi connectivity index (χ0n) is 15.5. The number of esters is 1. The van der Waals surface area contributed by atoms with Gasteiger partial charge in [-0.15, -0.1) is 0 Å². The van der Waals surface area contributed by atoms with E-state index < -0.39 is 5.97 Å². The molecular weight excluding hydrogens is 347 g/mol. The van der Waals surface area contributed by atoms with Crippen molar-refractivity contribution in [2.24, 2.45) is 5.92 Å². The normalized spacial score (nSPS) is 20.0. The van der Waals surface area contributed by atoms with Crippen molar-refractivity contribution in [3.63, 3.8) is 0 Å². The number of nitrogens with zero attached hydrogens (tertiary/aromatic N) is 2. The van der Waals surface area contributed by atoms with Gasteiger partial charge in [0.1, 0.15) is 17.1 Å². The van der Waals surface area contributed by atoms with Crippen molar-refractivity contribution >= 4 is 17.4 Å². The maximum Gasteiger partial charge on any atom is 0.343 e. The number of nitrogens with one attached hydrogen (secondary N) is 2. The number of fused-ring (bicyclic) bond motifs is 1. The second kappa shape index (κ2) is 7.06. The standard InChI is InChI=1S/C20H23FN4O2/c1-12-6-8-15(9-7-12)23-19-17(13-4-3-5-14(21)10-13)24-18-16(20(26)27-2)11-22-25(18)19/h3-5,10-12,15,22-23H,6-9H2,1-2H3. The van der Waals surface area contributed by atoms with Crippen LogP contribution in [0.15, 0.2) is 30.5 Å². The molecular formula is C20H23FN4O2. The van der Waals surface area contributed by atoms with E-state index in [1.165, 1.54) is 32.1 Å². The van der Waals surface area contributed by atoms with Crippen LogP contribution in [0.1, 0.15) is 43.0 Å². The van der Waals surface area contributed by atoms with E-state index in [0.29, 0.717) is 28.5 Å². The molecule has 3 aromatic rings. The minimum atomic E-state index is -0.463. The van der Waals surface area contributed by atoms with Gasteiger partial charge in [-0.2, -0.15) is 0 Å². The van der Waals surface area contributed by atoms with E-state index in [0.717, 1.165) is 24.6 Å². The van der Waals surface area contributed by atoms with E-state index in [1.54, 1.807) is 16.8 Å². The molecule has 0 radical (unpaired) electrons. The number of benzene rings is 1. The average Bonchev–Trinajstić information content (AvgIpc) is 3.23. The number of anilines is 1. The Labute approximate surface area is 156 Å². The van der Waals surface area contributed by atoms with E-state index in [4.69, 9.17) is 4.74 Å². The molecule has 0 saturated heterocycles. The predicted octanol–water partition coefficient (Wildman–Crippen LogP) is 4.25. The van der Waals surface area contributed by atoms with Crippen LogP contribution in [0.3, 0.4) is 0 Å². The fourth-order valence-electron chi connectivity index (χ4n) is 3.75. The number of imidazole rings is 1. The molecule has 0 bridgehead atoms. The predicted molar refractivity (Wildman–Crippen MR) is 101 cm³/mol. The van der Waals surface area contributed by atoms with Gasteiger partial charge in [-0.1, -0.05) is 19.1 Å². The Balaban J connectivity index is 1.79. The third kappa shape index (κ3) is 3.29. The number of hydrogen-bond acceptors (Lipinski definition) is 4. The molecule has 0 amide bonds. The van der Waals surface area contributed by atoms with Gasteiger partial charge in [0, 0.05) is 17.8 Å². The van der Waals surface area contributed by atoms with Crippen LogP contribution in [0, 0.1) is 11.7 Å². The Morgan fingerprint density at radius 1 is 1.33 bits per heavy atom. The van der Waals surface area contributed by atoms with Crippen LogP contribution < -0.4 is 5.32 Å². The molecule has 142 valence electrons. The fraction of sp³-hybridized carbons (Fsp3) is 0.400. The van der Waals surface area contributed by atoms with E-state index >= 15 is 0 Å². The van der Waals surface area contributed by atoms with Gasteiger partial charge in [-0.25, -0.2) is 18.7 Å². The molecule has 4 rings (SSSR count). The molecule has 6 nitrogen and oxygen atoms in total. The van der Waals surface area contributed by atoms with E-state index in [2.05, 4.69) is 22.3 Å². The van der Waals surface area contributed by atoms with E-state index in [9.17, 15) is 9.18 Å². The maximum atomic E-state index is 13.8. The van der Waals surface area contributed by atoms with Crippen LogP contribution in [0.2, 0.25) is 0 Å². The highest BCUT2D eigenvalue weighted by atomic mass is 19.1.